The number of Topliss-reactive ketones (excluding diaryl/α,β-unsaturated/α-hetero) is 1. The zero-order chi connectivity index (χ0) is 94.6. The van der Waals surface area contributed by atoms with Gasteiger partial charge in [-0.2, -0.15) is 8.42 Å². The molecule has 6 aliphatic heterocycles. The number of rotatable bonds is 19. The van der Waals surface area contributed by atoms with Crippen molar-refractivity contribution in [3.8, 4) is 0 Å². The smallest absolute Gasteiger partial charge is 0.310 e. The van der Waals surface area contributed by atoms with Gasteiger partial charge in [0.25, 0.3) is 10.1 Å². The second-order valence-corrected chi connectivity index (χ2v) is 49.9. The van der Waals surface area contributed by atoms with Crippen LogP contribution < -0.4 is 0 Å². The minimum Gasteiger partial charge on any atom is -0.481 e. The quantitative estimate of drug-likeness (QED) is 0.0375. The topological polar surface area (TPSA) is 337 Å². The summed E-state index contributed by atoms with van der Waals surface area (Å²) in [6, 6.07) is 15.7. The van der Waals surface area contributed by atoms with Crippen molar-refractivity contribution in [1.29, 1.82) is 0 Å². The predicted molar refractivity (Wildman–Crippen MR) is 504 cm³/mol. The van der Waals surface area contributed by atoms with Gasteiger partial charge < -0.3 is 77.3 Å². The van der Waals surface area contributed by atoms with Crippen LogP contribution in [-0.2, 0) is 107 Å². The van der Waals surface area contributed by atoms with Crippen LogP contribution in [0.5, 0.6) is 0 Å². The van der Waals surface area contributed by atoms with Crippen molar-refractivity contribution in [2.45, 2.75) is 286 Å². The fourth-order valence-electron chi connectivity index (χ4n) is 18.0. The van der Waals surface area contributed by atoms with Crippen molar-refractivity contribution in [1.82, 2.24) is 0 Å². The second-order valence-electron chi connectivity index (χ2n) is 42.5. The Bertz CT molecular complexity index is 4340. The maximum atomic E-state index is 11.9. The molecule has 6 heterocycles. The number of carbonyl (C=O) groups is 4. The summed E-state index contributed by atoms with van der Waals surface area (Å²) in [5.41, 5.74) is 2.75. The van der Waals surface area contributed by atoms with Crippen LogP contribution in [-0.4, -0.2) is 218 Å². The van der Waals surface area contributed by atoms with E-state index in [1.807, 2.05) is 42.8 Å². The molecule has 6 saturated carbocycles. The zero-order valence-corrected chi connectivity index (χ0v) is 86.0. The molecule has 6 aliphatic carbocycles. The number of hydrogen-bond acceptors (Lipinski definition) is 24. The van der Waals surface area contributed by atoms with E-state index < -0.39 is 72.8 Å². The number of aliphatic carboxylic acids is 3. The average molecular weight is 2050 g/mol. The van der Waals surface area contributed by atoms with Gasteiger partial charge in [0.2, 0.25) is 0 Å². The summed E-state index contributed by atoms with van der Waals surface area (Å²) < 4.78 is 122. The highest BCUT2D eigenvalue weighted by molar-refractivity contribution is 14.1. The highest BCUT2D eigenvalue weighted by atomic mass is 127. The van der Waals surface area contributed by atoms with Gasteiger partial charge in [0.15, 0.2) is 44.6 Å². The molecule has 6 saturated heterocycles. The highest BCUT2D eigenvalue weighted by Crippen LogP contribution is 2.52. The van der Waals surface area contributed by atoms with Crippen LogP contribution in [0.4, 0.5) is 0 Å². The number of hydrogen-bond donors (Lipinski definition) is 4. The third-order valence-electron chi connectivity index (χ3n) is 25.9. The first-order chi connectivity index (χ1) is 59.5. The van der Waals surface area contributed by atoms with Crippen LogP contribution >= 0.6 is 80.9 Å². The van der Waals surface area contributed by atoms with E-state index in [2.05, 4.69) is 106 Å². The number of carboxylic acid groups (broad SMARTS) is 3. The molecular formula is C95H144Cl3IO25S4. The number of ketones is 1. The molecule has 3 aromatic carbocycles. The van der Waals surface area contributed by atoms with E-state index in [1.54, 1.807) is 42.6 Å². The third-order valence-corrected chi connectivity index (χ3v) is 31.7. The molecule has 4 N–H and O–H groups in total. The largest absolute Gasteiger partial charge is 0.481 e. The number of aliphatic hydroxyl groups is 1. The molecule has 2 unspecified atom stereocenters. The molecule has 0 aromatic heterocycles. The lowest BCUT2D eigenvalue weighted by Crippen LogP contribution is -2.46. The SMILES string of the molecule is CC1(C)COC2(CC[C@H](C(=O)O)C2)OC1.CC1(C)COC2(CC[C@H](CC(C(=O)O)c3ccc(S(C)(=O)=O)c(Cl)c3)C2)OC1.CC1(C)COC2(CC[C@H](CI)C2)OC1.CC1(C)COC2(CC[C@H](CO)C2)OC1.CC1(C)COC2(CC[C@H](COS(C)(=O)=O)C2)OC1.CSc1ccc(C(C[C@H]2CCC3(C2)OCC(C)(C)CO3)C(=O)O)cc1Cl.CSc1ccc(CC(C)=O)cc1Cl. The van der Waals surface area contributed by atoms with E-state index in [1.165, 1.54) is 23.0 Å². The first kappa shape index (κ1) is 109. The Kier molecular flexibility index (Phi) is 38.6. The Hall–Kier alpha value is -2.62. The number of aliphatic hydroxyl groups excluding tert-OH is 1. The average Bonchev–Trinajstić information content (AvgIpc) is 1.72. The molecule has 0 amide bonds. The fourth-order valence-corrected chi connectivity index (χ4v) is 22.3. The van der Waals surface area contributed by atoms with Crippen molar-refractivity contribution >= 4 is 125 Å². The Morgan fingerprint density at radius 1 is 0.438 bits per heavy atom. The summed E-state index contributed by atoms with van der Waals surface area (Å²) in [6.45, 7) is 36.2. The summed E-state index contributed by atoms with van der Waals surface area (Å²) in [5, 5.41) is 38.9. The van der Waals surface area contributed by atoms with Gasteiger partial charge in [-0.1, -0.05) is 159 Å². The maximum absolute atomic E-state index is 11.9. The molecule has 726 valence electrons. The van der Waals surface area contributed by atoms with Crippen LogP contribution in [0, 0.1) is 68.0 Å². The molecule has 15 rings (SSSR count). The van der Waals surface area contributed by atoms with Gasteiger partial charge in [0.05, 0.1) is 130 Å². The normalized spacial score (nSPS) is 27.5. The van der Waals surface area contributed by atoms with Gasteiger partial charge in [-0.05, 0) is 153 Å². The Labute approximate surface area is 798 Å². The zero-order valence-electron chi connectivity index (χ0n) is 78.3. The molecule has 6 spiro atoms. The van der Waals surface area contributed by atoms with Crippen molar-refractivity contribution < 1.29 is 117 Å². The maximum Gasteiger partial charge on any atom is 0.310 e. The van der Waals surface area contributed by atoms with Gasteiger partial charge in [0.1, 0.15) is 5.78 Å². The summed E-state index contributed by atoms with van der Waals surface area (Å²) in [6.07, 6.45) is 23.0. The van der Waals surface area contributed by atoms with E-state index in [4.69, 9.17) is 106 Å². The summed E-state index contributed by atoms with van der Waals surface area (Å²) in [7, 11) is -6.81. The molecular weight excluding hydrogens is 1900 g/mol. The van der Waals surface area contributed by atoms with Crippen LogP contribution in [0.1, 0.15) is 247 Å². The Morgan fingerprint density at radius 2 is 0.742 bits per heavy atom. The summed E-state index contributed by atoms with van der Waals surface area (Å²) in [4.78, 5) is 47.5. The monoisotopic (exact) mass is 2040 g/mol. The Balaban J connectivity index is 0.000000172. The van der Waals surface area contributed by atoms with E-state index in [9.17, 15) is 46.2 Å². The van der Waals surface area contributed by atoms with E-state index in [0.29, 0.717) is 114 Å². The van der Waals surface area contributed by atoms with Gasteiger partial charge >= 0.3 is 17.9 Å². The lowest BCUT2D eigenvalue weighted by molar-refractivity contribution is -0.296. The van der Waals surface area contributed by atoms with Crippen molar-refractivity contribution in [2.24, 2.45) is 68.0 Å². The number of alkyl halides is 1. The lowest BCUT2D eigenvalue weighted by Gasteiger charge is -2.41. The molecule has 0 bridgehead atoms. The number of thioether (sulfide) groups is 2. The van der Waals surface area contributed by atoms with E-state index in [0.717, 1.165) is 154 Å². The molecule has 25 nitrogen and oxygen atoms in total. The number of ether oxygens (including phenoxy) is 12. The standard InChI is InChI=1S/C20H27ClO6S.C20H27ClO4S.C12H22O5S.C11H19IO2.C11H18O4.C11H20O3.C10H11ClOS/c1-19(2)11-26-20(27-12-19)7-6-13(10-20)8-15(18(22)23)14-4-5-17(16(21)9-14)28(3,24)25;1-19(2)11-24-20(25-12-19)7-6-13(10-20)8-15(18(22)23)14-4-5-17(26-3)16(21)9-14;1-11(2)8-15-12(16-9-11)5-4-10(6-12)7-17-18(3,13)14;1-10(2)7-13-11(14-8-10)4-3-9(5-11)6-12;1-10(2)6-14-11(15-7-10)4-3-8(5-11)9(12)13;1-10(2)7-13-11(14-8-10)4-3-9(5-11)6-12;1-7(12)5-8-3-4-10(13-2)9(11)6-8/h4-5,9,13,15H,6-8,10-12H2,1-3H3,(H,22,23);4-5,9,13,15H,6-8,10-12H2,1-3H3,(H,22,23);10H,4-9H2,1-3H3;9H,3-8H2,1-2H3;8H,3-7H2,1-2H3,(H,12,13);9,12H,3-8H2,1-2H3;3-4,6H,5H2,1-2H3/t2*13-,15?;10-;9-;8-;9-;/m110000./s1. The summed E-state index contributed by atoms with van der Waals surface area (Å²) >= 11 is 24.0. The molecule has 12 fully saturated rings. The lowest BCUT2D eigenvalue weighted by atomic mass is 9.87. The molecule has 0 radical (unpaired) electrons. The number of carbonyl (C=O) groups excluding carboxylic acids is 1. The number of sulfone groups is 1. The second kappa shape index (κ2) is 45.3. The van der Waals surface area contributed by atoms with Crippen LogP contribution in [0.25, 0.3) is 0 Å². The molecule has 12 aliphatic rings. The van der Waals surface area contributed by atoms with Crippen molar-refractivity contribution in [3.05, 3.63) is 86.4 Å². The minimum absolute atomic E-state index is 0.00787. The third kappa shape index (κ3) is 32.5. The van der Waals surface area contributed by atoms with E-state index in [-0.39, 0.29) is 96.7 Å². The number of carboxylic acids is 3. The van der Waals surface area contributed by atoms with Gasteiger partial charge in [-0.15, -0.1) is 23.5 Å². The van der Waals surface area contributed by atoms with Gasteiger partial charge in [-0.3, -0.25) is 23.4 Å². The Morgan fingerprint density at radius 3 is 1.03 bits per heavy atom. The molecule has 8 atom stereocenters. The predicted octanol–water partition coefficient (Wildman–Crippen LogP) is 20.0. The molecule has 3 aromatic rings. The number of halogens is 4. The van der Waals surface area contributed by atoms with E-state index >= 15 is 0 Å². The highest BCUT2D eigenvalue weighted by Gasteiger charge is 2.53. The minimum atomic E-state index is -3.46. The first-order valence-electron chi connectivity index (χ1n) is 45.0. The van der Waals surface area contributed by atoms with Crippen LogP contribution in [0.3, 0.4) is 0 Å². The van der Waals surface area contributed by atoms with Crippen molar-refractivity contribution in [3.63, 3.8) is 0 Å². The van der Waals surface area contributed by atoms with Gasteiger partial charge in [-0.25, -0.2) is 8.42 Å². The fraction of sp³-hybridized carbons (Fsp3) is 0.768. The van der Waals surface area contributed by atoms with Crippen LogP contribution in [0.15, 0.2) is 69.3 Å². The molecule has 33 heteroatoms. The van der Waals surface area contributed by atoms with Gasteiger partial charge in [0, 0.05) is 143 Å². The molecule has 128 heavy (non-hydrogen) atoms. The van der Waals surface area contributed by atoms with Crippen molar-refractivity contribution in [2.75, 3.05) is 122 Å². The first-order valence-corrected chi connectivity index (χ1v) is 53.8. The number of benzene rings is 3. The van der Waals surface area contributed by atoms with Crippen LogP contribution in [0.2, 0.25) is 15.1 Å². The summed E-state index contributed by atoms with van der Waals surface area (Å²) in [5.74, 6) is -4.90.